The van der Waals surface area contributed by atoms with Gasteiger partial charge in [-0.3, -0.25) is 0 Å². The van der Waals surface area contributed by atoms with E-state index in [-0.39, 0.29) is 12.1 Å². The molecule has 0 aliphatic rings. The first-order chi connectivity index (χ1) is 7.54. The first kappa shape index (κ1) is 13.3. The molecule has 0 aliphatic heterocycles. The summed E-state index contributed by atoms with van der Waals surface area (Å²) in [5.41, 5.74) is 6.66. The lowest BCUT2D eigenvalue weighted by atomic mass is 10.2. The number of ether oxygens (including phenoxy) is 1. The Hall–Kier alpha value is -0.780. The third-order valence-corrected chi connectivity index (χ3v) is 2.91. The smallest absolute Gasteiger partial charge is 0.340 e. The summed E-state index contributed by atoms with van der Waals surface area (Å²) in [4.78, 5) is 11.8. The Kier molecular flexibility index (Phi) is 5.05. The summed E-state index contributed by atoms with van der Waals surface area (Å²) in [6.07, 6.45) is 1.81. The van der Waals surface area contributed by atoms with Crippen molar-refractivity contribution in [1.29, 1.82) is 0 Å². The van der Waals surface area contributed by atoms with Crippen molar-refractivity contribution in [1.82, 2.24) is 0 Å². The van der Waals surface area contributed by atoms with Gasteiger partial charge in [0.25, 0.3) is 0 Å². The van der Waals surface area contributed by atoms with E-state index in [1.165, 1.54) is 0 Å². The minimum absolute atomic E-state index is 0.0604. The van der Waals surface area contributed by atoms with Crippen LogP contribution in [0.1, 0.15) is 37.0 Å². The molecule has 2 N–H and O–H groups in total. The van der Waals surface area contributed by atoms with Crippen molar-refractivity contribution < 1.29 is 9.53 Å². The average Bonchev–Trinajstić information content (AvgIpc) is 2.21. The summed E-state index contributed by atoms with van der Waals surface area (Å²) in [7, 11) is 0. The van der Waals surface area contributed by atoms with Crippen molar-refractivity contribution in [3.63, 3.8) is 0 Å². The number of anilines is 1. The van der Waals surface area contributed by atoms with Crippen LogP contribution in [0.5, 0.6) is 0 Å². The second-order valence-electron chi connectivity index (χ2n) is 3.74. The molecule has 0 saturated carbocycles. The zero-order valence-electron chi connectivity index (χ0n) is 9.50. The average molecular weight is 333 g/mol. The van der Waals surface area contributed by atoms with Crippen LogP contribution >= 0.6 is 22.6 Å². The molecule has 0 radical (unpaired) electrons. The molecule has 1 aromatic carbocycles. The topological polar surface area (TPSA) is 52.3 Å². The van der Waals surface area contributed by atoms with Crippen LogP contribution in [0.3, 0.4) is 0 Å². The van der Waals surface area contributed by atoms with Crippen molar-refractivity contribution in [3.05, 3.63) is 27.3 Å². The molecule has 0 aromatic heterocycles. The first-order valence-electron chi connectivity index (χ1n) is 5.30. The van der Waals surface area contributed by atoms with Crippen molar-refractivity contribution in [3.8, 4) is 0 Å². The summed E-state index contributed by atoms with van der Waals surface area (Å²) in [6.45, 7) is 3.95. The normalized spacial score (nSPS) is 12.2. The van der Waals surface area contributed by atoms with Gasteiger partial charge < -0.3 is 10.5 Å². The lowest BCUT2D eigenvalue weighted by Crippen LogP contribution is -2.16. The standard InChI is InChI=1S/C12H16INO2/c1-3-4-8(2)16-12(15)10-7-9(13)5-6-11(10)14/h5-8H,3-4,14H2,1-2H3. The number of hydrogen-bond donors (Lipinski definition) is 1. The van der Waals surface area contributed by atoms with Gasteiger partial charge in [-0.05, 0) is 54.1 Å². The monoisotopic (exact) mass is 333 g/mol. The van der Waals surface area contributed by atoms with E-state index < -0.39 is 0 Å². The molecule has 1 rings (SSSR count). The van der Waals surface area contributed by atoms with Gasteiger partial charge in [0.2, 0.25) is 0 Å². The Morgan fingerprint density at radius 1 is 1.56 bits per heavy atom. The van der Waals surface area contributed by atoms with Gasteiger partial charge in [0.1, 0.15) is 0 Å². The van der Waals surface area contributed by atoms with E-state index in [4.69, 9.17) is 10.5 Å². The van der Waals surface area contributed by atoms with Crippen LogP contribution in [0.4, 0.5) is 5.69 Å². The number of halogens is 1. The summed E-state index contributed by atoms with van der Waals surface area (Å²) >= 11 is 2.14. The molecule has 1 atom stereocenters. The SMILES string of the molecule is CCCC(C)OC(=O)c1cc(I)ccc1N. The molecule has 0 bridgehead atoms. The number of carbonyl (C=O) groups excluding carboxylic acids is 1. The molecule has 0 aliphatic carbocycles. The van der Waals surface area contributed by atoms with Crippen molar-refractivity contribution in [2.24, 2.45) is 0 Å². The molecular weight excluding hydrogens is 317 g/mol. The first-order valence-corrected chi connectivity index (χ1v) is 6.38. The maximum Gasteiger partial charge on any atom is 0.340 e. The summed E-state index contributed by atoms with van der Waals surface area (Å²) < 4.78 is 6.26. The molecule has 0 heterocycles. The fraction of sp³-hybridized carbons (Fsp3) is 0.417. The molecule has 0 fully saturated rings. The highest BCUT2D eigenvalue weighted by molar-refractivity contribution is 14.1. The van der Waals surface area contributed by atoms with Crippen LogP contribution in [0.15, 0.2) is 18.2 Å². The third kappa shape index (κ3) is 3.66. The molecule has 0 saturated heterocycles. The van der Waals surface area contributed by atoms with Gasteiger partial charge in [-0.15, -0.1) is 0 Å². The van der Waals surface area contributed by atoms with Crippen molar-refractivity contribution in [2.75, 3.05) is 5.73 Å². The second-order valence-corrected chi connectivity index (χ2v) is 4.98. The van der Waals surface area contributed by atoms with Gasteiger partial charge in [0, 0.05) is 9.26 Å². The van der Waals surface area contributed by atoms with E-state index in [0.29, 0.717) is 11.3 Å². The zero-order valence-corrected chi connectivity index (χ0v) is 11.7. The summed E-state index contributed by atoms with van der Waals surface area (Å²) in [5, 5.41) is 0. The molecule has 1 unspecified atom stereocenters. The minimum Gasteiger partial charge on any atom is -0.459 e. The molecule has 1 aromatic rings. The Morgan fingerprint density at radius 2 is 2.25 bits per heavy atom. The minimum atomic E-state index is -0.336. The van der Waals surface area contributed by atoms with E-state index in [0.717, 1.165) is 16.4 Å². The van der Waals surface area contributed by atoms with Gasteiger partial charge in [-0.25, -0.2) is 4.79 Å². The van der Waals surface area contributed by atoms with Crippen LogP contribution in [-0.2, 0) is 4.74 Å². The van der Waals surface area contributed by atoms with Crippen molar-refractivity contribution >= 4 is 34.2 Å². The maximum atomic E-state index is 11.8. The molecule has 0 amide bonds. The lowest BCUT2D eigenvalue weighted by molar-refractivity contribution is 0.0324. The summed E-state index contributed by atoms with van der Waals surface area (Å²) in [5.74, 6) is -0.336. The van der Waals surface area contributed by atoms with Crippen LogP contribution in [0.25, 0.3) is 0 Å². The van der Waals surface area contributed by atoms with Gasteiger partial charge in [0.15, 0.2) is 0 Å². The molecule has 88 valence electrons. The number of esters is 1. The highest BCUT2D eigenvalue weighted by Gasteiger charge is 2.14. The summed E-state index contributed by atoms with van der Waals surface area (Å²) in [6, 6.07) is 5.34. The van der Waals surface area contributed by atoms with Gasteiger partial charge in [-0.2, -0.15) is 0 Å². The molecule has 16 heavy (non-hydrogen) atoms. The molecular formula is C12H16INO2. The van der Waals surface area contributed by atoms with Crippen LogP contribution in [-0.4, -0.2) is 12.1 Å². The van der Waals surface area contributed by atoms with E-state index in [9.17, 15) is 4.79 Å². The number of rotatable bonds is 4. The third-order valence-electron chi connectivity index (χ3n) is 2.24. The molecule has 3 nitrogen and oxygen atoms in total. The molecule has 0 spiro atoms. The van der Waals surface area contributed by atoms with E-state index >= 15 is 0 Å². The second kappa shape index (κ2) is 6.08. The number of nitrogen functional groups attached to an aromatic ring is 1. The van der Waals surface area contributed by atoms with E-state index in [1.807, 2.05) is 13.0 Å². The highest BCUT2D eigenvalue weighted by atomic mass is 127. The number of nitrogens with two attached hydrogens (primary N) is 1. The van der Waals surface area contributed by atoms with Crippen LogP contribution in [0, 0.1) is 3.57 Å². The Labute approximate surface area is 109 Å². The lowest BCUT2D eigenvalue weighted by Gasteiger charge is -2.13. The predicted molar refractivity (Wildman–Crippen MR) is 73.4 cm³/mol. The molecule has 4 heteroatoms. The predicted octanol–water partition coefficient (Wildman–Crippen LogP) is 3.22. The Bertz CT molecular complexity index is 379. The van der Waals surface area contributed by atoms with Crippen LogP contribution < -0.4 is 5.73 Å². The number of hydrogen-bond acceptors (Lipinski definition) is 3. The van der Waals surface area contributed by atoms with Gasteiger partial charge in [-0.1, -0.05) is 13.3 Å². The van der Waals surface area contributed by atoms with Gasteiger partial charge >= 0.3 is 5.97 Å². The number of benzene rings is 1. The fourth-order valence-electron chi connectivity index (χ4n) is 1.42. The fourth-order valence-corrected chi connectivity index (χ4v) is 1.91. The van der Waals surface area contributed by atoms with E-state index in [2.05, 4.69) is 29.5 Å². The van der Waals surface area contributed by atoms with Gasteiger partial charge in [0.05, 0.1) is 11.7 Å². The Balaban J connectivity index is 2.76. The van der Waals surface area contributed by atoms with Crippen LogP contribution in [0.2, 0.25) is 0 Å². The quantitative estimate of drug-likeness (QED) is 0.523. The Morgan fingerprint density at radius 3 is 2.88 bits per heavy atom. The largest absolute Gasteiger partial charge is 0.459 e. The zero-order chi connectivity index (χ0) is 12.1. The maximum absolute atomic E-state index is 11.8. The number of carbonyl (C=O) groups is 1. The highest BCUT2D eigenvalue weighted by Crippen LogP contribution is 2.18. The van der Waals surface area contributed by atoms with E-state index in [1.54, 1.807) is 12.1 Å². The van der Waals surface area contributed by atoms with Crippen molar-refractivity contribution in [2.45, 2.75) is 32.8 Å².